The lowest BCUT2D eigenvalue weighted by atomic mass is 10.1. The minimum Gasteiger partial charge on any atom is -0.478 e. The molecular weight excluding hydrogens is 262 g/mol. The van der Waals surface area contributed by atoms with Crippen molar-refractivity contribution in [2.45, 2.75) is 6.29 Å². The lowest BCUT2D eigenvalue weighted by Gasteiger charge is -2.15. The zero-order valence-electron chi connectivity index (χ0n) is 10.1. The number of benzene rings is 1. The molecule has 0 aliphatic carbocycles. The Morgan fingerprint density at radius 3 is 2.32 bits per heavy atom. The van der Waals surface area contributed by atoms with Crippen LogP contribution in [0.4, 0.5) is 5.69 Å². The Morgan fingerprint density at radius 2 is 1.89 bits per heavy atom. The van der Waals surface area contributed by atoms with Crippen molar-refractivity contribution in [3.63, 3.8) is 0 Å². The van der Waals surface area contributed by atoms with Gasteiger partial charge in [-0.2, -0.15) is 9.78 Å². The summed E-state index contributed by atoms with van der Waals surface area (Å²) in [6.45, 7) is 0. The second-order valence-corrected chi connectivity index (χ2v) is 3.19. The third-order valence-electron chi connectivity index (χ3n) is 2.10. The van der Waals surface area contributed by atoms with Crippen LogP contribution in [0.5, 0.6) is 0 Å². The van der Waals surface area contributed by atoms with E-state index in [2.05, 4.69) is 19.6 Å². The average molecular weight is 273 g/mol. The normalized spacial score (nSPS) is 10.7. The van der Waals surface area contributed by atoms with Gasteiger partial charge in [0.1, 0.15) is 0 Å². The van der Waals surface area contributed by atoms with E-state index in [4.69, 9.17) is 5.11 Å². The highest BCUT2D eigenvalue weighted by Gasteiger charge is 2.24. The third kappa shape index (κ3) is 3.69. The highest BCUT2D eigenvalue weighted by atomic mass is 17.3. The fourth-order valence-corrected chi connectivity index (χ4v) is 1.34. The number of nitro groups is 1. The fourth-order valence-electron chi connectivity index (χ4n) is 1.34. The molecule has 0 saturated carbocycles. The predicted octanol–water partition coefficient (Wildman–Crippen LogP) is 1.45. The van der Waals surface area contributed by atoms with Gasteiger partial charge in [0, 0.05) is 17.7 Å². The van der Waals surface area contributed by atoms with Gasteiger partial charge in [-0.3, -0.25) is 10.1 Å². The third-order valence-corrected chi connectivity index (χ3v) is 2.10. The van der Waals surface area contributed by atoms with Crippen LogP contribution in [0, 0.1) is 10.1 Å². The number of nitrogens with zero attached hydrogens (tertiary/aromatic N) is 1. The van der Waals surface area contributed by atoms with E-state index in [1.54, 1.807) is 0 Å². The topological polar surface area (TPSA) is 117 Å². The zero-order chi connectivity index (χ0) is 14.4. The van der Waals surface area contributed by atoms with E-state index >= 15 is 0 Å². The van der Waals surface area contributed by atoms with Crippen LogP contribution in [-0.4, -0.2) is 30.2 Å². The van der Waals surface area contributed by atoms with E-state index in [9.17, 15) is 14.9 Å². The van der Waals surface area contributed by atoms with Crippen LogP contribution in [0.15, 0.2) is 18.2 Å². The Bertz CT molecular complexity index is 469. The van der Waals surface area contributed by atoms with Crippen molar-refractivity contribution in [2.24, 2.45) is 0 Å². The summed E-state index contributed by atoms with van der Waals surface area (Å²) in [7, 11) is 2.38. The van der Waals surface area contributed by atoms with Crippen molar-refractivity contribution in [2.75, 3.05) is 14.2 Å². The lowest BCUT2D eigenvalue weighted by Crippen LogP contribution is -2.13. The summed E-state index contributed by atoms with van der Waals surface area (Å²) in [6.07, 6.45) is -1.29. The highest BCUT2D eigenvalue weighted by Crippen LogP contribution is 2.26. The Hall–Kier alpha value is -2.07. The molecule has 0 spiro atoms. The molecule has 1 rings (SSSR count). The summed E-state index contributed by atoms with van der Waals surface area (Å²) in [5.74, 6) is -1.37. The van der Waals surface area contributed by atoms with Crippen LogP contribution >= 0.6 is 0 Å². The first-order valence-electron chi connectivity index (χ1n) is 4.91. The van der Waals surface area contributed by atoms with Gasteiger partial charge in [-0.1, -0.05) is 0 Å². The van der Waals surface area contributed by atoms with Crippen LogP contribution in [0.1, 0.15) is 22.2 Å². The fraction of sp³-hybridized carbons (Fsp3) is 0.300. The van der Waals surface area contributed by atoms with Gasteiger partial charge in [-0.05, 0) is 6.07 Å². The van der Waals surface area contributed by atoms with Crippen LogP contribution < -0.4 is 0 Å². The minimum absolute atomic E-state index is 0.0156. The molecule has 0 saturated heterocycles. The van der Waals surface area contributed by atoms with Crippen molar-refractivity contribution < 1.29 is 34.4 Å². The summed E-state index contributed by atoms with van der Waals surface area (Å²) in [4.78, 5) is 39.1. The van der Waals surface area contributed by atoms with Crippen LogP contribution in [-0.2, 0) is 19.6 Å². The number of carboxylic acid groups (broad SMARTS) is 1. The van der Waals surface area contributed by atoms with E-state index < -0.39 is 17.2 Å². The molecule has 0 aliphatic rings. The molecule has 1 N–H and O–H groups in total. The molecule has 0 unspecified atom stereocenters. The van der Waals surface area contributed by atoms with E-state index in [0.29, 0.717) is 0 Å². The molecule has 0 amide bonds. The largest absolute Gasteiger partial charge is 0.478 e. The Morgan fingerprint density at radius 1 is 1.32 bits per heavy atom. The number of hydrogen-bond acceptors (Lipinski definition) is 7. The maximum atomic E-state index is 11.1. The van der Waals surface area contributed by atoms with Gasteiger partial charge in [0.2, 0.25) is 6.29 Å². The van der Waals surface area contributed by atoms with E-state index in [1.165, 1.54) is 20.3 Å². The van der Waals surface area contributed by atoms with Crippen LogP contribution in [0.25, 0.3) is 0 Å². The smallest absolute Gasteiger partial charge is 0.336 e. The molecule has 19 heavy (non-hydrogen) atoms. The number of nitro benzene ring substituents is 1. The molecule has 0 aliphatic heterocycles. The molecule has 1 aromatic rings. The summed E-state index contributed by atoms with van der Waals surface area (Å²) in [5, 5.41) is 19.7. The molecule has 0 aromatic heterocycles. The molecule has 104 valence electrons. The van der Waals surface area contributed by atoms with Crippen LogP contribution in [0.3, 0.4) is 0 Å². The molecular formula is C10H11NO8. The minimum atomic E-state index is -1.37. The van der Waals surface area contributed by atoms with Gasteiger partial charge in [0.25, 0.3) is 5.69 Å². The first kappa shape index (κ1) is 15.0. The number of carbonyl (C=O) groups is 1. The van der Waals surface area contributed by atoms with Crippen molar-refractivity contribution in [3.8, 4) is 0 Å². The second-order valence-electron chi connectivity index (χ2n) is 3.19. The molecule has 9 nitrogen and oxygen atoms in total. The number of hydrogen-bond donors (Lipinski definition) is 1. The van der Waals surface area contributed by atoms with E-state index in [1.807, 2.05) is 0 Å². The zero-order valence-corrected chi connectivity index (χ0v) is 10.1. The maximum absolute atomic E-state index is 11.1. The molecule has 0 atom stereocenters. The first-order valence-corrected chi connectivity index (χ1v) is 4.91. The van der Waals surface area contributed by atoms with Crippen molar-refractivity contribution in [1.29, 1.82) is 0 Å². The summed E-state index contributed by atoms with van der Waals surface area (Å²) in [6, 6.07) is 3.19. The predicted molar refractivity (Wildman–Crippen MR) is 59.0 cm³/mol. The lowest BCUT2D eigenvalue weighted by molar-refractivity contribution is -0.454. The Kier molecular flexibility index (Phi) is 5.33. The van der Waals surface area contributed by atoms with Gasteiger partial charge in [0.15, 0.2) is 0 Å². The molecule has 0 fully saturated rings. The SMILES string of the molecule is COOC(OOC)c1ccc([N+](=O)[O-])cc1C(=O)O. The van der Waals surface area contributed by atoms with Gasteiger partial charge in [-0.25, -0.2) is 14.6 Å². The molecule has 0 bridgehead atoms. The quantitative estimate of drug-likeness (QED) is 0.343. The van der Waals surface area contributed by atoms with E-state index in [0.717, 1.165) is 12.1 Å². The van der Waals surface area contributed by atoms with Gasteiger partial charge in [0.05, 0.1) is 24.7 Å². The van der Waals surface area contributed by atoms with Crippen molar-refractivity contribution >= 4 is 11.7 Å². The summed E-state index contributed by atoms with van der Waals surface area (Å²) in [5.41, 5.74) is -0.704. The molecule has 0 radical (unpaired) electrons. The van der Waals surface area contributed by atoms with Crippen LogP contribution in [0.2, 0.25) is 0 Å². The van der Waals surface area contributed by atoms with Crippen molar-refractivity contribution in [1.82, 2.24) is 0 Å². The summed E-state index contributed by atoms with van der Waals surface area (Å²) >= 11 is 0. The molecule has 1 aromatic carbocycles. The van der Waals surface area contributed by atoms with E-state index in [-0.39, 0.29) is 16.8 Å². The maximum Gasteiger partial charge on any atom is 0.336 e. The monoisotopic (exact) mass is 273 g/mol. The number of aromatic carboxylic acids is 1. The molecule has 9 heteroatoms. The Balaban J connectivity index is 3.24. The number of carboxylic acids is 1. The summed E-state index contributed by atoms with van der Waals surface area (Å²) < 4.78 is 0. The van der Waals surface area contributed by atoms with Gasteiger partial charge in [-0.15, -0.1) is 0 Å². The Labute approximate surface area is 107 Å². The average Bonchev–Trinajstić information content (AvgIpc) is 2.37. The number of rotatable bonds is 7. The highest BCUT2D eigenvalue weighted by molar-refractivity contribution is 5.90. The standard InChI is InChI=1S/C10H11NO8/c1-16-18-10(19-17-2)7-4-3-6(11(14)15)5-8(7)9(12)13/h3-5,10H,1-2H3,(H,12,13). The number of non-ortho nitro benzene ring substituents is 1. The van der Waals surface area contributed by atoms with Crippen molar-refractivity contribution in [3.05, 3.63) is 39.4 Å². The molecule has 0 heterocycles. The first-order chi connectivity index (χ1) is 9.01. The van der Waals surface area contributed by atoms with Gasteiger partial charge < -0.3 is 5.11 Å². The second kappa shape index (κ2) is 6.75. The van der Waals surface area contributed by atoms with Gasteiger partial charge >= 0.3 is 5.97 Å².